The second-order valence-electron chi connectivity index (χ2n) is 3.18. The van der Waals surface area contributed by atoms with Crippen molar-refractivity contribution in [1.29, 1.82) is 0 Å². The van der Waals surface area contributed by atoms with Gasteiger partial charge in [0.15, 0.2) is 5.69 Å². The molecule has 0 spiro atoms. The summed E-state index contributed by atoms with van der Waals surface area (Å²) in [5.74, 6) is -0.800. The van der Waals surface area contributed by atoms with Gasteiger partial charge in [-0.15, -0.1) is 0 Å². The highest BCUT2D eigenvalue weighted by atomic mass is 16.5. The van der Waals surface area contributed by atoms with Crippen molar-refractivity contribution < 1.29 is 15.1 Å². The van der Waals surface area contributed by atoms with E-state index in [9.17, 15) is 10.0 Å². The first kappa shape index (κ1) is 9.57. The zero-order valence-electron chi connectivity index (χ0n) is 7.77. The summed E-state index contributed by atoms with van der Waals surface area (Å²) in [6.45, 7) is 5.22. The van der Waals surface area contributed by atoms with Crippen molar-refractivity contribution in [2.24, 2.45) is 0 Å². The van der Waals surface area contributed by atoms with Crippen molar-refractivity contribution in [1.82, 2.24) is 9.71 Å². The third-order valence-corrected chi connectivity index (χ3v) is 1.77. The number of aromatic nitrogens is 2. The number of imidazole rings is 1. The van der Waals surface area contributed by atoms with E-state index in [0.29, 0.717) is 16.2 Å². The molecule has 0 aliphatic heterocycles. The minimum atomic E-state index is -1.17. The SMILES string of the molecule is Cc1nc(C(C)C)n(O)c1C(=O)O. The van der Waals surface area contributed by atoms with E-state index >= 15 is 0 Å². The van der Waals surface area contributed by atoms with Gasteiger partial charge in [0, 0.05) is 5.92 Å². The third-order valence-electron chi connectivity index (χ3n) is 1.77. The molecule has 13 heavy (non-hydrogen) atoms. The molecule has 0 saturated heterocycles. The molecule has 0 aliphatic carbocycles. The van der Waals surface area contributed by atoms with Gasteiger partial charge in [-0.05, 0) is 6.92 Å². The van der Waals surface area contributed by atoms with Crippen LogP contribution < -0.4 is 0 Å². The van der Waals surface area contributed by atoms with E-state index in [1.165, 1.54) is 0 Å². The van der Waals surface area contributed by atoms with Gasteiger partial charge in [-0.2, -0.15) is 4.73 Å². The minimum Gasteiger partial charge on any atom is -0.476 e. The summed E-state index contributed by atoms with van der Waals surface area (Å²) in [7, 11) is 0. The number of rotatable bonds is 2. The molecular formula is C8H12N2O3. The topological polar surface area (TPSA) is 75.3 Å². The van der Waals surface area contributed by atoms with E-state index in [4.69, 9.17) is 5.11 Å². The molecule has 0 aliphatic rings. The minimum absolute atomic E-state index is 0.00296. The van der Waals surface area contributed by atoms with E-state index in [2.05, 4.69) is 4.98 Å². The van der Waals surface area contributed by atoms with E-state index in [1.54, 1.807) is 6.92 Å². The van der Waals surface area contributed by atoms with E-state index in [1.807, 2.05) is 13.8 Å². The Morgan fingerprint density at radius 2 is 2.08 bits per heavy atom. The molecule has 1 rings (SSSR count). The van der Waals surface area contributed by atoms with Crippen LogP contribution in [0.5, 0.6) is 0 Å². The fourth-order valence-corrected chi connectivity index (χ4v) is 1.16. The summed E-state index contributed by atoms with van der Waals surface area (Å²) in [6.07, 6.45) is 0. The van der Waals surface area contributed by atoms with Crippen LogP contribution in [0.1, 0.15) is 41.8 Å². The van der Waals surface area contributed by atoms with Crippen LogP contribution in [-0.2, 0) is 0 Å². The number of carboxylic acid groups (broad SMARTS) is 1. The van der Waals surface area contributed by atoms with Crippen LogP contribution in [0.25, 0.3) is 0 Å². The van der Waals surface area contributed by atoms with Crippen LogP contribution in [0.3, 0.4) is 0 Å². The molecular weight excluding hydrogens is 172 g/mol. The monoisotopic (exact) mass is 184 g/mol. The highest BCUT2D eigenvalue weighted by Gasteiger charge is 2.20. The zero-order valence-corrected chi connectivity index (χ0v) is 7.77. The second-order valence-corrected chi connectivity index (χ2v) is 3.18. The molecule has 0 saturated carbocycles. The quantitative estimate of drug-likeness (QED) is 0.678. The largest absolute Gasteiger partial charge is 0.476 e. The molecule has 0 radical (unpaired) electrons. The lowest BCUT2D eigenvalue weighted by molar-refractivity contribution is 0.0638. The lowest BCUT2D eigenvalue weighted by Crippen LogP contribution is -2.09. The van der Waals surface area contributed by atoms with Gasteiger partial charge in [-0.3, -0.25) is 0 Å². The second kappa shape index (κ2) is 3.08. The molecule has 2 N–H and O–H groups in total. The van der Waals surface area contributed by atoms with E-state index in [-0.39, 0.29) is 11.6 Å². The van der Waals surface area contributed by atoms with E-state index < -0.39 is 5.97 Å². The molecule has 72 valence electrons. The Morgan fingerprint density at radius 3 is 2.31 bits per heavy atom. The Labute approximate surface area is 75.6 Å². The van der Waals surface area contributed by atoms with Crippen molar-refractivity contribution in [3.8, 4) is 0 Å². The number of aromatic carboxylic acids is 1. The summed E-state index contributed by atoms with van der Waals surface area (Å²) < 4.78 is 0.641. The van der Waals surface area contributed by atoms with E-state index in [0.717, 1.165) is 0 Å². The maximum absolute atomic E-state index is 10.7. The highest BCUT2D eigenvalue weighted by molar-refractivity contribution is 5.86. The highest BCUT2D eigenvalue weighted by Crippen LogP contribution is 2.16. The van der Waals surface area contributed by atoms with Crippen LogP contribution in [-0.4, -0.2) is 26.0 Å². The standard InChI is InChI=1S/C8H12N2O3/c1-4(2)7-9-5(3)6(8(11)12)10(7)13/h4,13H,1-3H3,(H,11,12). The first-order valence-corrected chi connectivity index (χ1v) is 3.97. The molecule has 5 heteroatoms. The van der Waals surface area contributed by atoms with Crippen LogP contribution in [0.2, 0.25) is 0 Å². The zero-order chi connectivity index (χ0) is 10.2. The molecule has 5 nitrogen and oxygen atoms in total. The molecule has 0 unspecified atom stereocenters. The number of nitrogens with zero attached hydrogens (tertiary/aromatic N) is 2. The molecule has 0 aromatic carbocycles. The normalized spacial score (nSPS) is 10.8. The first-order chi connectivity index (χ1) is 5.95. The van der Waals surface area contributed by atoms with Gasteiger partial charge >= 0.3 is 5.97 Å². The number of carbonyl (C=O) groups is 1. The van der Waals surface area contributed by atoms with Gasteiger partial charge in [-0.25, -0.2) is 9.78 Å². The van der Waals surface area contributed by atoms with Crippen LogP contribution in [0.15, 0.2) is 0 Å². The molecule has 0 atom stereocenters. The van der Waals surface area contributed by atoms with Gasteiger partial charge in [-0.1, -0.05) is 13.8 Å². The third kappa shape index (κ3) is 1.49. The maximum Gasteiger partial charge on any atom is 0.357 e. The Hall–Kier alpha value is -1.52. The fourth-order valence-electron chi connectivity index (χ4n) is 1.16. The summed E-state index contributed by atoms with van der Waals surface area (Å²) in [5.41, 5.74) is 0.169. The number of hydrogen-bond donors (Lipinski definition) is 2. The average Bonchev–Trinajstić information content (AvgIpc) is 2.26. The van der Waals surface area contributed by atoms with Crippen molar-refractivity contribution in [2.75, 3.05) is 0 Å². The Bertz CT molecular complexity index is 341. The molecule has 0 fully saturated rings. The van der Waals surface area contributed by atoms with Gasteiger partial charge in [0.05, 0.1) is 5.69 Å². The van der Waals surface area contributed by atoms with Crippen molar-refractivity contribution in [3.05, 3.63) is 17.2 Å². The fraction of sp³-hybridized carbons (Fsp3) is 0.500. The lowest BCUT2D eigenvalue weighted by Gasteiger charge is -2.03. The van der Waals surface area contributed by atoms with Gasteiger partial charge in [0.25, 0.3) is 0 Å². The van der Waals surface area contributed by atoms with Crippen molar-refractivity contribution >= 4 is 5.97 Å². The van der Waals surface area contributed by atoms with Crippen molar-refractivity contribution in [2.45, 2.75) is 26.7 Å². The number of carboxylic acids is 1. The molecule has 1 aromatic heterocycles. The Balaban J connectivity index is 3.30. The molecule has 1 aromatic rings. The molecule has 0 bridgehead atoms. The Kier molecular flexibility index (Phi) is 2.27. The summed E-state index contributed by atoms with van der Waals surface area (Å²) in [4.78, 5) is 14.6. The van der Waals surface area contributed by atoms with Crippen LogP contribution in [0, 0.1) is 6.92 Å². The van der Waals surface area contributed by atoms with Gasteiger partial charge < -0.3 is 10.3 Å². The predicted molar refractivity (Wildman–Crippen MR) is 45.2 cm³/mol. The lowest BCUT2D eigenvalue weighted by atomic mass is 10.2. The maximum atomic E-state index is 10.7. The summed E-state index contributed by atoms with van der Waals surface area (Å²) in [5, 5.41) is 18.1. The molecule has 1 heterocycles. The summed E-state index contributed by atoms with van der Waals surface area (Å²) >= 11 is 0. The van der Waals surface area contributed by atoms with Crippen LogP contribution in [0.4, 0.5) is 0 Å². The first-order valence-electron chi connectivity index (χ1n) is 3.97. The number of aryl methyl sites for hydroxylation is 1. The van der Waals surface area contributed by atoms with Gasteiger partial charge in [0.2, 0.25) is 0 Å². The smallest absolute Gasteiger partial charge is 0.357 e. The summed E-state index contributed by atoms with van der Waals surface area (Å²) in [6, 6.07) is 0. The average molecular weight is 184 g/mol. The number of hydrogen-bond acceptors (Lipinski definition) is 3. The predicted octanol–water partition coefficient (Wildman–Crippen LogP) is 1.25. The van der Waals surface area contributed by atoms with Gasteiger partial charge in [0.1, 0.15) is 5.82 Å². The Morgan fingerprint density at radius 1 is 1.54 bits per heavy atom. The van der Waals surface area contributed by atoms with Crippen molar-refractivity contribution in [3.63, 3.8) is 0 Å². The van der Waals surface area contributed by atoms with Crippen LogP contribution >= 0.6 is 0 Å². The molecule has 0 amide bonds.